The lowest BCUT2D eigenvalue weighted by atomic mass is 10.0. The molecule has 0 aliphatic rings. The molecule has 0 aromatic heterocycles. The van der Waals surface area contributed by atoms with Crippen LogP contribution in [0.15, 0.2) is 78.9 Å². The van der Waals surface area contributed by atoms with Gasteiger partial charge in [-0.2, -0.15) is 0 Å². The molecule has 0 spiro atoms. The third-order valence-electron chi connectivity index (χ3n) is 5.27. The predicted octanol–water partition coefficient (Wildman–Crippen LogP) is 7.01. The Bertz CT molecular complexity index is 1080. The highest BCUT2D eigenvalue weighted by molar-refractivity contribution is 6.05. The summed E-state index contributed by atoms with van der Waals surface area (Å²) in [6, 6.07) is 27.1. The Balaban J connectivity index is 1.35. The number of rotatable bonds is 9. The van der Waals surface area contributed by atoms with Crippen LogP contribution >= 0.6 is 0 Å². The average molecular weight is 415 g/mol. The van der Waals surface area contributed by atoms with E-state index < -0.39 is 0 Å². The first kappa shape index (κ1) is 21.2. The normalized spacial score (nSPS) is 12.4. The molecule has 0 aliphatic carbocycles. The molecule has 0 N–H and O–H groups in total. The first-order chi connectivity index (χ1) is 15.1. The third-order valence-corrected chi connectivity index (χ3v) is 5.27. The maximum absolute atomic E-state index is 6.21. The van der Waals surface area contributed by atoms with Crippen LogP contribution < -0.4 is 9.47 Å². The standard InChI is InChI=1S/C28H30O3/c1-20(2)18-22-12-14-25(15-13-22)31-21(3)29-16-17-30-28-26-10-6-4-8-23(26)19-24-9-5-7-11-27(24)28/h4-15,19-21H,16-18H2,1-3H3. The van der Waals surface area contributed by atoms with Crippen molar-refractivity contribution in [2.24, 2.45) is 5.92 Å². The zero-order valence-electron chi connectivity index (χ0n) is 18.5. The second kappa shape index (κ2) is 9.84. The highest BCUT2D eigenvalue weighted by Gasteiger charge is 2.10. The third kappa shape index (κ3) is 5.36. The summed E-state index contributed by atoms with van der Waals surface area (Å²) in [6.45, 7) is 7.27. The van der Waals surface area contributed by atoms with Crippen LogP contribution in [0.3, 0.4) is 0 Å². The molecule has 4 aromatic rings. The van der Waals surface area contributed by atoms with Crippen molar-refractivity contribution in [3.8, 4) is 11.5 Å². The van der Waals surface area contributed by atoms with Gasteiger partial charge >= 0.3 is 0 Å². The van der Waals surface area contributed by atoms with Crippen molar-refractivity contribution in [1.29, 1.82) is 0 Å². The van der Waals surface area contributed by atoms with Crippen molar-refractivity contribution < 1.29 is 14.2 Å². The minimum atomic E-state index is -0.344. The Labute approximate surface area is 184 Å². The molecule has 0 aliphatic heterocycles. The van der Waals surface area contributed by atoms with Crippen molar-refractivity contribution in [3.05, 3.63) is 84.4 Å². The quantitative estimate of drug-likeness (QED) is 0.167. The molecule has 4 rings (SSSR count). The molecule has 31 heavy (non-hydrogen) atoms. The average Bonchev–Trinajstić information content (AvgIpc) is 2.77. The molecule has 1 atom stereocenters. The zero-order valence-corrected chi connectivity index (χ0v) is 18.5. The Morgan fingerprint density at radius 1 is 0.710 bits per heavy atom. The maximum atomic E-state index is 6.21. The maximum Gasteiger partial charge on any atom is 0.197 e. The van der Waals surface area contributed by atoms with Gasteiger partial charge in [0.2, 0.25) is 0 Å². The number of fused-ring (bicyclic) bond motifs is 2. The summed E-state index contributed by atoms with van der Waals surface area (Å²) in [5.41, 5.74) is 1.33. The molecule has 3 heteroatoms. The summed E-state index contributed by atoms with van der Waals surface area (Å²) < 4.78 is 17.9. The largest absolute Gasteiger partial charge is 0.490 e. The zero-order chi connectivity index (χ0) is 21.6. The van der Waals surface area contributed by atoms with E-state index in [-0.39, 0.29) is 6.29 Å². The topological polar surface area (TPSA) is 27.7 Å². The molecule has 0 heterocycles. The van der Waals surface area contributed by atoms with Crippen LogP contribution in [0.1, 0.15) is 26.3 Å². The van der Waals surface area contributed by atoms with Gasteiger partial charge in [0.15, 0.2) is 6.29 Å². The second-order valence-electron chi connectivity index (χ2n) is 8.29. The molecule has 0 radical (unpaired) electrons. The highest BCUT2D eigenvalue weighted by Crippen LogP contribution is 2.34. The molecular formula is C28H30O3. The van der Waals surface area contributed by atoms with Crippen LogP contribution in [0, 0.1) is 5.92 Å². The minimum absolute atomic E-state index is 0.344. The van der Waals surface area contributed by atoms with Gasteiger partial charge in [-0.05, 0) is 53.8 Å². The molecular weight excluding hydrogens is 384 g/mol. The van der Waals surface area contributed by atoms with Crippen molar-refractivity contribution in [1.82, 2.24) is 0 Å². The number of benzene rings is 4. The monoisotopic (exact) mass is 414 g/mol. The number of ether oxygens (including phenoxy) is 3. The molecule has 4 aromatic carbocycles. The van der Waals surface area contributed by atoms with Crippen molar-refractivity contribution in [2.45, 2.75) is 33.5 Å². The van der Waals surface area contributed by atoms with Gasteiger partial charge in [0.25, 0.3) is 0 Å². The van der Waals surface area contributed by atoms with Gasteiger partial charge in [0, 0.05) is 10.8 Å². The fourth-order valence-corrected chi connectivity index (χ4v) is 3.89. The SMILES string of the molecule is CC(C)Cc1ccc(OC(C)OCCOc2c3ccccc3cc3ccccc23)cc1. The second-order valence-corrected chi connectivity index (χ2v) is 8.29. The van der Waals surface area contributed by atoms with Crippen LogP contribution in [0.25, 0.3) is 21.5 Å². The molecule has 0 saturated carbocycles. The van der Waals surface area contributed by atoms with Gasteiger partial charge in [-0.1, -0.05) is 74.5 Å². The van der Waals surface area contributed by atoms with Crippen LogP contribution in [-0.4, -0.2) is 19.5 Å². The summed E-state index contributed by atoms with van der Waals surface area (Å²) in [7, 11) is 0. The summed E-state index contributed by atoms with van der Waals surface area (Å²) >= 11 is 0. The van der Waals surface area contributed by atoms with Gasteiger partial charge in [-0.25, -0.2) is 0 Å². The molecule has 160 valence electrons. The van der Waals surface area contributed by atoms with Gasteiger partial charge < -0.3 is 14.2 Å². The summed E-state index contributed by atoms with van der Waals surface area (Å²) in [5, 5.41) is 4.59. The highest BCUT2D eigenvalue weighted by atomic mass is 16.7. The van der Waals surface area contributed by atoms with Crippen molar-refractivity contribution >= 4 is 21.5 Å². The van der Waals surface area contributed by atoms with Crippen LogP contribution in [-0.2, 0) is 11.2 Å². The summed E-state index contributed by atoms with van der Waals surface area (Å²) in [5.74, 6) is 2.38. The van der Waals surface area contributed by atoms with Crippen LogP contribution in [0.4, 0.5) is 0 Å². The van der Waals surface area contributed by atoms with E-state index in [0.29, 0.717) is 19.1 Å². The lowest BCUT2D eigenvalue weighted by molar-refractivity contribution is -0.0737. The van der Waals surface area contributed by atoms with Gasteiger partial charge in [0.1, 0.15) is 18.1 Å². The molecule has 0 bridgehead atoms. The van der Waals surface area contributed by atoms with Crippen molar-refractivity contribution in [3.63, 3.8) is 0 Å². The molecule has 1 unspecified atom stereocenters. The summed E-state index contributed by atoms with van der Waals surface area (Å²) in [6.07, 6.45) is 0.732. The van der Waals surface area contributed by atoms with E-state index >= 15 is 0 Å². The first-order valence-electron chi connectivity index (χ1n) is 11.0. The Hall–Kier alpha value is -3.04. The first-order valence-corrected chi connectivity index (χ1v) is 11.0. The fourth-order valence-electron chi connectivity index (χ4n) is 3.89. The van der Waals surface area contributed by atoms with E-state index in [4.69, 9.17) is 14.2 Å². The number of hydrogen-bond donors (Lipinski definition) is 0. The van der Waals surface area contributed by atoms with E-state index in [2.05, 4.69) is 68.4 Å². The fraction of sp³-hybridized carbons (Fsp3) is 0.286. The Morgan fingerprint density at radius 3 is 1.94 bits per heavy atom. The molecule has 0 fully saturated rings. The lowest BCUT2D eigenvalue weighted by Crippen LogP contribution is -2.20. The minimum Gasteiger partial charge on any atom is -0.490 e. The van der Waals surface area contributed by atoms with E-state index in [1.165, 1.54) is 16.3 Å². The molecule has 3 nitrogen and oxygen atoms in total. The smallest absolute Gasteiger partial charge is 0.197 e. The van der Waals surface area contributed by atoms with Gasteiger partial charge in [-0.3, -0.25) is 0 Å². The Morgan fingerprint density at radius 2 is 1.32 bits per heavy atom. The van der Waals surface area contributed by atoms with Crippen LogP contribution in [0.5, 0.6) is 11.5 Å². The van der Waals surface area contributed by atoms with E-state index in [1.807, 2.05) is 31.2 Å². The predicted molar refractivity (Wildman–Crippen MR) is 128 cm³/mol. The Kier molecular flexibility index (Phi) is 6.73. The van der Waals surface area contributed by atoms with E-state index in [9.17, 15) is 0 Å². The lowest BCUT2D eigenvalue weighted by Gasteiger charge is -2.17. The van der Waals surface area contributed by atoms with Crippen LogP contribution in [0.2, 0.25) is 0 Å². The number of hydrogen-bond acceptors (Lipinski definition) is 3. The van der Waals surface area contributed by atoms with Gasteiger partial charge in [0.05, 0.1) is 6.61 Å². The van der Waals surface area contributed by atoms with Crippen molar-refractivity contribution in [2.75, 3.05) is 13.2 Å². The van der Waals surface area contributed by atoms with Gasteiger partial charge in [-0.15, -0.1) is 0 Å². The van der Waals surface area contributed by atoms with E-state index in [0.717, 1.165) is 28.7 Å². The summed E-state index contributed by atoms with van der Waals surface area (Å²) in [4.78, 5) is 0. The van der Waals surface area contributed by atoms with E-state index in [1.54, 1.807) is 0 Å². The molecule has 0 saturated heterocycles. The molecule has 0 amide bonds.